The fourth-order valence-electron chi connectivity index (χ4n) is 2.57. The van der Waals surface area contributed by atoms with Gasteiger partial charge in [0.1, 0.15) is 5.69 Å². The molecule has 2 aromatic rings. The minimum atomic E-state index is -0.915. The summed E-state index contributed by atoms with van der Waals surface area (Å²) in [6.07, 6.45) is 4.40. The number of methoxy groups -OCH3 is 1. The molecule has 0 aliphatic carbocycles. The number of aromatic nitrogens is 4. The number of hydrogen-bond acceptors (Lipinski definition) is 4. The van der Waals surface area contributed by atoms with E-state index in [1.54, 1.807) is 24.2 Å². The van der Waals surface area contributed by atoms with Crippen LogP contribution in [0.2, 0.25) is 0 Å². The molecule has 1 aliphatic rings. The molecule has 0 bridgehead atoms. The van der Waals surface area contributed by atoms with Gasteiger partial charge >= 0.3 is 6.09 Å². The normalized spacial score (nSPS) is 17.8. The molecule has 1 amide bonds. The van der Waals surface area contributed by atoms with E-state index in [2.05, 4.69) is 10.2 Å². The lowest BCUT2D eigenvalue weighted by Gasteiger charge is -2.31. The van der Waals surface area contributed by atoms with Crippen molar-refractivity contribution in [3.05, 3.63) is 29.8 Å². The van der Waals surface area contributed by atoms with Gasteiger partial charge in [0, 0.05) is 18.9 Å². The average molecular weight is 291 g/mol. The molecular formula is C13H17N5O3. The van der Waals surface area contributed by atoms with Crippen LogP contribution in [0.3, 0.4) is 0 Å². The monoisotopic (exact) mass is 291 g/mol. The number of hydrogen-bond donors (Lipinski definition) is 1. The molecule has 2 aromatic heterocycles. The van der Waals surface area contributed by atoms with Gasteiger partial charge in [-0.05, 0) is 6.92 Å². The number of amides is 1. The molecule has 21 heavy (non-hydrogen) atoms. The number of fused-ring (bicyclic) bond motifs is 1. The third kappa shape index (κ3) is 2.38. The molecule has 0 unspecified atom stereocenters. The van der Waals surface area contributed by atoms with E-state index >= 15 is 0 Å². The predicted molar refractivity (Wildman–Crippen MR) is 73.1 cm³/mol. The standard InChI is InChI=1S/C13H17N5O3/c1-9-5-17-12(7-16(9)13(19)20)11(4-15-17)18-6-10(3-14-18)8-21-2/h3-4,6,9H,5,7-8H2,1-2H3,(H,19,20)/t9-/m0/s1. The van der Waals surface area contributed by atoms with Gasteiger partial charge in [0.2, 0.25) is 0 Å². The minimum absolute atomic E-state index is 0.0931. The molecule has 0 spiro atoms. The topological polar surface area (TPSA) is 85.4 Å². The van der Waals surface area contributed by atoms with Crippen LogP contribution in [-0.2, 0) is 24.4 Å². The third-order valence-corrected chi connectivity index (χ3v) is 3.66. The minimum Gasteiger partial charge on any atom is -0.465 e. The van der Waals surface area contributed by atoms with Crippen molar-refractivity contribution in [1.29, 1.82) is 0 Å². The lowest BCUT2D eigenvalue weighted by Crippen LogP contribution is -2.44. The largest absolute Gasteiger partial charge is 0.465 e. The van der Waals surface area contributed by atoms with Gasteiger partial charge in [0.05, 0.1) is 43.8 Å². The summed E-state index contributed by atoms with van der Waals surface area (Å²) in [7, 11) is 1.63. The number of rotatable bonds is 3. The van der Waals surface area contributed by atoms with Crippen molar-refractivity contribution in [2.24, 2.45) is 0 Å². The molecule has 1 N–H and O–H groups in total. The highest BCUT2D eigenvalue weighted by Crippen LogP contribution is 2.23. The van der Waals surface area contributed by atoms with Crippen LogP contribution in [0.15, 0.2) is 18.6 Å². The van der Waals surface area contributed by atoms with Crippen molar-refractivity contribution in [3.63, 3.8) is 0 Å². The molecule has 0 radical (unpaired) electrons. The van der Waals surface area contributed by atoms with E-state index in [1.165, 1.54) is 4.90 Å². The molecule has 8 heteroatoms. The van der Waals surface area contributed by atoms with Gasteiger partial charge < -0.3 is 9.84 Å². The molecule has 1 atom stereocenters. The first-order valence-electron chi connectivity index (χ1n) is 6.67. The lowest BCUT2D eigenvalue weighted by atomic mass is 10.2. The summed E-state index contributed by atoms with van der Waals surface area (Å²) in [6, 6.07) is -0.0931. The van der Waals surface area contributed by atoms with Crippen LogP contribution in [0.5, 0.6) is 0 Å². The molecule has 3 rings (SSSR count). The van der Waals surface area contributed by atoms with Crippen molar-refractivity contribution in [1.82, 2.24) is 24.5 Å². The lowest BCUT2D eigenvalue weighted by molar-refractivity contribution is 0.105. The highest BCUT2D eigenvalue weighted by Gasteiger charge is 2.29. The van der Waals surface area contributed by atoms with E-state index in [-0.39, 0.29) is 6.04 Å². The Balaban J connectivity index is 1.94. The second-order valence-electron chi connectivity index (χ2n) is 5.14. The fraction of sp³-hybridized carbons (Fsp3) is 0.462. The van der Waals surface area contributed by atoms with E-state index in [9.17, 15) is 9.90 Å². The predicted octanol–water partition coefficient (Wildman–Crippen LogP) is 1.10. The van der Waals surface area contributed by atoms with Crippen LogP contribution >= 0.6 is 0 Å². The maximum atomic E-state index is 11.3. The second-order valence-corrected chi connectivity index (χ2v) is 5.14. The summed E-state index contributed by atoms with van der Waals surface area (Å²) in [4.78, 5) is 12.7. The Morgan fingerprint density at radius 2 is 2.29 bits per heavy atom. The summed E-state index contributed by atoms with van der Waals surface area (Å²) in [5.41, 5.74) is 2.61. The second kappa shape index (κ2) is 5.21. The molecule has 3 heterocycles. The Morgan fingerprint density at radius 3 is 3.00 bits per heavy atom. The Kier molecular flexibility index (Phi) is 3.38. The smallest absolute Gasteiger partial charge is 0.407 e. The summed E-state index contributed by atoms with van der Waals surface area (Å²) >= 11 is 0. The van der Waals surface area contributed by atoms with Crippen LogP contribution in [0.1, 0.15) is 18.2 Å². The number of carboxylic acid groups (broad SMARTS) is 1. The van der Waals surface area contributed by atoms with Gasteiger partial charge in [-0.1, -0.05) is 0 Å². The van der Waals surface area contributed by atoms with E-state index in [0.29, 0.717) is 19.7 Å². The highest BCUT2D eigenvalue weighted by atomic mass is 16.5. The number of nitrogens with zero attached hydrogens (tertiary/aromatic N) is 5. The van der Waals surface area contributed by atoms with Gasteiger partial charge in [0.25, 0.3) is 0 Å². The first-order valence-corrected chi connectivity index (χ1v) is 6.67. The quantitative estimate of drug-likeness (QED) is 0.915. The van der Waals surface area contributed by atoms with Crippen LogP contribution in [0, 0.1) is 0 Å². The summed E-state index contributed by atoms with van der Waals surface area (Å²) in [5.74, 6) is 0. The molecular weight excluding hydrogens is 274 g/mol. The Hall–Kier alpha value is -2.35. The van der Waals surface area contributed by atoms with Gasteiger partial charge in [-0.25, -0.2) is 9.48 Å². The van der Waals surface area contributed by atoms with Gasteiger partial charge in [-0.15, -0.1) is 0 Å². The van der Waals surface area contributed by atoms with Gasteiger partial charge in [-0.2, -0.15) is 10.2 Å². The number of carbonyl (C=O) groups is 1. The molecule has 8 nitrogen and oxygen atoms in total. The fourth-order valence-corrected chi connectivity index (χ4v) is 2.57. The molecule has 112 valence electrons. The zero-order valence-electron chi connectivity index (χ0n) is 11.9. The van der Waals surface area contributed by atoms with Crippen molar-refractivity contribution in [2.75, 3.05) is 7.11 Å². The van der Waals surface area contributed by atoms with E-state index in [1.807, 2.05) is 17.8 Å². The van der Waals surface area contributed by atoms with Gasteiger partial charge in [0.15, 0.2) is 0 Å². The summed E-state index contributed by atoms with van der Waals surface area (Å²) < 4.78 is 8.63. The zero-order chi connectivity index (χ0) is 15.0. The Labute approximate surface area is 121 Å². The Bertz CT molecular complexity index is 663. The van der Waals surface area contributed by atoms with Crippen LogP contribution in [0.25, 0.3) is 5.69 Å². The molecule has 1 aliphatic heterocycles. The molecule has 0 saturated carbocycles. The molecule has 0 aromatic carbocycles. The van der Waals surface area contributed by atoms with Gasteiger partial charge in [-0.3, -0.25) is 9.58 Å². The SMILES string of the molecule is COCc1cnn(-c2cnn3c2CN(C(=O)O)[C@@H](C)C3)c1. The maximum absolute atomic E-state index is 11.3. The third-order valence-electron chi connectivity index (χ3n) is 3.66. The van der Waals surface area contributed by atoms with E-state index in [0.717, 1.165) is 16.9 Å². The Morgan fingerprint density at radius 1 is 1.48 bits per heavy atom. The first kappa shape index (κ1) is 13.6. The highest BCUT2D eigenvalue weighted by molar-refractivity contribution is 5.65. The summed E-state index contributed by atoms with van der Waals surface area (Å²) in [5, 5.41) is 17.9. The average Bonchev–Trinajstić information content (AvgIpc) is 3.04. The van der Waals surface area contributed by atoms with Crippen LogP contribution in [-0.4, -0.2) is 48.8 Å². The van der Waals surface area contributed by atoms with Crippen LogP contribution < -0.4 is 0 Å². The van der Waals surface area contributed by atoms with E-state index < -0.39 is 6.09 Å². The van der Waals surface area contributed by atoms with Crippen molar-refractivity contribution in [2.45, 2.75) is 32.7 Å². The van der Waals surface area contributed by atoms with Crippen molar-refractivity contribution >= 4 is 6.09 Å². The van der Waals surface area contributed by atoms with Crippen molar-refractivity contribution in [3.8, 4) is 5.69 Å². The molecule has 0 saturated heterocycles. The zero-order valence-corrected chi connectivity index (χ0v) is 11.9. The van der Waals surface area contributed by atoms with E-state index in [4.69, 9.17) is 4.74 Å². The molecule has 0 fully saturated rings. The number of ether oxygens (including phenoxy) is 1. The van der Waals surface area contributed by atoms with Crippen LogP contribution in [0.4, 0.5) is 4.79 Å². The summed E-state index contributed by atoms with van der Waals surface area (Å²) in [6.45, 7) is 3.23. The maximum Gasteiger partial charge on any atom is 0.407 e. The first-order chi connectivity index (χ1) is 10.1. The van der Waals surface area contributed by atoms with Crippen molar-refractivity contribution < 1.29 is 14.6 Å².